The van der Waals surface area contributed by atoms with Crippen LogP contribution >= 0.6 is 0 Å². The number of hydrogen-bond donors (Lipinski definition) is 1. The van der Waals surface area contributed by atoms with E-state index in [-0.39, 0.29) is 12.5 Å². The molecule has 0 aliphatic carbocycles. The van der Waals surface area contributed by atoms with E-state index in [1.165, 1.54) is 7.11 Å². The molecule has 5 nitrogen and oxygen atoms in total. The summed E-state index contributed by atoms with van der Waals surface area (Å²) in [5.74, 6) is -0.384. The molecule has 2 aromatic carbocycles. The lowest BCUT2D eigenvalue weighted by Crippen LogP contribution is -2.21. The zero-order chi connectivity index (χ0) is 16.7. The number of esters is 1. The standard InChI is InChI=1S/C18H19NO4/c1-3-13-7-4-5-10-16(13)19-17(20)12-23-18(21)14-8-6-9-15(11-14)22-2/h4-11H,3,12H2,1-2H3,(H,19,20). The second-order valence-electron chi connectivity index (χ2n) is 4.87. The molecule has 0 radical (unpaired) electrons. The molecular formula is C18H19NO4. The Hall–Kier alpha value is -2.82. The highest BCUT2D eigenvalue weighted by molar-refractivity contribution is 5.96. The average molecular weight is 313 g/mol. The number of ether oxygens (including phenoxy) is 2. The fraction of sp³-hybridized carbons (Fsp3) is 0.222. The topological polar surface area (TPSA) is 64.6 Å². The number of carbonyl (C=O) groups excluding carboxylic acids is 2. The smallest absolute Gasteiger partial charge is 0.338 e. The molecular weight excluding hydrogens is 294 g/mol. The van der Waals surface area contributed by atoms with Crippen LogP contribution in [0.1, 0.15) is 22.8 Å². The van der Waals surface area contributed by atoms with E-state index in [0.717, 1.165) is 17.7 Å². The summed E-state index contributed by atoms with van der Waals surface area (Å²) in [4.78, 5) is 23.9. The van der Waals surface area contributed by atoms with Gasteiger partial charge < -0.3 is 14.8 Å². The number of rotatable bonds is 6. The zero-order valence-corrected chi connectivity index (χ0v) is 13.2. The number of hydrogen-bond acceptors (Lipinski definition) is 4. The van der Waals surface area contributed by atoms with Crippen molar-refractivity contribution in [1.82, 2.24) is 0 Å². The van der Waals surface area contributed by atoms with Crippen LogP contribution in [0.5, 0.6) is 5.75 Å². The Balaban J connectivity index is 1.92. The van der Waals surface area contributed by atoms with Gasteiger partial charge in [-0.3, -0.25) is 4.79 Å². The Kier molecular flexibility index (Phi) is 5.74. The van der Waals surface area contributed by atoms with Crippen molar-refractivity contribution in [2.24, 2.45) is 0 Å². The molecule has 0 fully saturated rings. The van der Waals surface area contributed by atoms with Crippen molar-refractivity contribution in [3.05, 3.63) is 59.7 Å². The van der Waals surface area contributed by atoms with Crippen LogP contribution in [0.3, 0.4) is 0 Å². The SMILES string of the molecule is CCc1ccccc1NC(=O)COC(=O)c1cccc(OC)c1. The lowest BCUT2D eigenvalue weighted by atomic mass is 10.1. The van der Waals surface area contributed by atoms with Crippen molar-refractivity contribution in [3.8, 4) is 5.75 Å². The molecule has 2 aromatic rings. The average Bonchev–Trinajstić information content (AvgIpc) is 2.60. The van der Waals surface area contributed by atoms with Gasteiger partial charge in [0.25, 0.3) is 5.91 Å². The summed E-state index contributed by atoms with van der Waals surface area (Å²) >= 11 is 0. The number of aryl methyl sites for hydroxylation is 1. The van der Waals surface area contributed by atoms with E-state index < -0.39 is 5.97 Å². The van der Waals surface area contributed by atoms with Gasteiger partial charge in [-0.1, -0.05) is 31.2 Å². The van der Waals surface area contributed by atoms with Crippen molar-refractivity contribution < 1.29 is 19.1 Å². The third-order valence-corrected chi connectivity index (χ3v) is 3.31. The van der Waals surface area contributed by atoms with Crippen LogP contribution in [0.4, 0.5) is 5.69 Å². The fourth-order valence-electron chi connectivity index (χ4n) is 2.10. The minimum atomic E-state index is -0.567. The van der Waals surface area contributed by atoms with Crippen LogP contribution in [-0.2, 0) is 16.0 Å². The maximum absolute atomic E-state index is 11.9. The first-order chi connectivity index (χ1) is 11.1. The maximum Gasteiger partial charge on any atom is 0.338 e. The molecule has 0 aliphatic rings. The van der Waals surface area contributed by atoms with Gasteiger partial charge in [0.2, 0.25) is 0 Å². The van der Waals surface area contributed by atoms with Gasteiger partial charge in [-0.25, -0.2) is 4.79 Å². The summed E-state index contributed by atoms with van der Waals surface area (Å²) in [6, 6.07) is 14.1. The summed E-state index contributed by atoms with van der Waals surface area (Å²) in [5, 5.41) is 2.75. The quantitative estimate of drug-likeness (QED) is 0.833. The monoisotopic (exact) mass is 313 g/mol. The minimum Gasteiger partial charge on any atom is -0.497 e. The van der Waals surface area contributed by atoms with E-state index in [4.69, 9.17) is 9.47 Å². The summed E-state index contributed by atoms with van der Waals surface area (Å²) < 4.78 is 10.1. The second kappa shape index (κ2) is 7.98. The van der Waals surface area contributed by atoms with E-state index in [1.807, 2.05) is 31.2 Å². The molecule has 1 amide bonds. The summed E-state index contributed by atoms with van der Waals surface area (Å²) in [6.07, 6.45) is 0.806. The highest BCUT2D eigenvalue weighted by Crippen LogP contribution is 2.16. The van der Waals surface area contributed by atoms with E-state index in [0.29, 0.717) is 11.3 Å². The molecule has 0 saturated carbocycles. The van der Waals surface area contributed by atoms with Gasteiger partial charge in [-0.2, -0.15) is 0 Å². The van der Waals surface area contributed by atoms with Gasteiger partial charge in [0.15, 0.2) is 6.61 Å². The van der Waals surface area contributed by atoms with Crippen molar-refractivity contribution in [1.29, 1.82) is 0 Å². The fourth-order valence-corrected chi connectivity index (χ4v) is 2.10. The lowest BCUT2D eigenvalue weighted by molar-refractivity contribution is -0.119. The van der Waals surface area contributed by atoms with Gasteiger partial charge >= 0.3 is 5.97 Å². The van der Waals surface area contributed by atoms with E-state index in [2.05, 4.69) is 5.32 Å². The van der Waals surface area contributed by atoms with Crippen LogP contribution < -0.4 is 10.1 Å². The highest BCUT2D eigenvalue weighted by atomic mass is 16.5. The Morgan fingerprint density at radius 1 is 1.09 bits per heavy atom. The normalized spacial score (nSPS) is 10.0. The zero-order valence-electron chi connectivity index (χ0n) is 13.2. The molecule has 120 valence electrons. The number of amides is 1. The van der Waals surface area contributed by atoms with Crippen LogP contribution in [0.2, 0.25) is 0 Å². The third kappa shape index (κ3) is 4.57. The van der Waals surface area contributed by atoms with E-state index >= 15 is 0 Å². The Morgan fingerprint density at radius 2 is 1.87 bits per heavy atom. The first-order valence-electron chi connectivity index (χ1n) is 7.33. The predicted molar refractivity (Wildman–Crippen MR) is 87.7 cm³/mol. The molecule has 0 saturated heterocycles. The number of anilines is 1. The molecule has 0 atom stereocenters. The highest BCUT2D eigenvalue weighted by Gasteiger charge is 2.12. The van der Waals surface area contributed by atoms with Crippen LogP contribution in [-0.4, -0.2) is 25.6 Å². The molecule has 0 aromatic heterocycles. The van der Waals surface area contributed by atoms with Crippen LogP contribution in [0.15, 0.2) is 48.5 Å². The molecule has 0 aliphatic heterocycles. The number of para-hydroxylation sites is 1. The number of benzene rings is 2. The van der Waals surface area contributed by atoms with Gasteiger partial charge in [0.05, 0.1) is 12.7 Å². The Bertz CT molecular complexity index is 697. The molecule has 0 unspecified atom stereocenters. The summed E-state index contributed by atoms with van der Waals surface area (Å²) in [6.45, 7) is 1.67. The molecule has 23 heavy (non-hydrogen) atoms. The molecule has 0 bridgehead atoms. The number of carbonyl (C=O) groups is 2. The maximum atomic E-state index is 11.9. The summed E-state index contributed by atoms with van der Waals surface area (Å²) in [5.41, 5.74) is 2.10. The van der Waals surface area contributed by atoms with E-state index in [1.54, 1.807) is 24.3 Å². The van der Waals surface area contributed by atoms with E-state index in [9.17, 15) is 9.59 Å². The molecule has 0 spiro atoms. The van der Waals surface area contributed by atoms with Gasteiger partial charge in [-0.15, -0.1) is 0 Å². The Labute approximate surface area is 135 Å². The van der Waals surface area contributed by atoms with Gasteiger partial charge in [0.1, 0.15) is 5.75 Å². The second-order valence-corrected chi connectivity index (χ2v) is 4.87. The van der Waals surface area contributed by atoms with Crippen molar-refractivity contribution in [3.63, 3.8) is 0 Å². The molecule has 2 rings (SSSR count). The molecule has 5 heteroatoms. The van der Waals surface area contributed by atoms with Crippen LogP contribution in [0, 0.1) is 0 Å². The lowest BCUT2D eigenvalue weighted by Gasteiger charge is -2.10. The van der Waals surface area contributed by atoms with Crippen molar-refractivity contribution in [2.75, 3.05) is 19.0 Å². The van der Waals surface area contributed by atoms with Crippen LogP contribution in [0.25, 0.3) is 0 Å². The number of nitrogens with one attached hydrogen (secondary N) is 1. The van der Waals surface area contributed by atoms with Gasteiger partial charge in [-0.05, 0) is 36.2 Å². The molecule has 1 N–H and O–H groups in total. The predicted octanol–water partition coefficient (Wildman–Crippen LogP) is 3.05. The molecule has 0 heterocycles. The third-order valence-electron chi connectivity index (χ3n) is 3.31. The first kappa shape index (κ1) is 16.5. The van der Waals surface area contributed by atoms with Crippen molar-refractivity contribution >= 4 is 17.6 Å². The minimum absolute atomic E-state index is 0.339. The first-order valence-corrected chi connectivity index (χ1v) is 7.33. The summed E-state index contributed by atoms with van der Waals surface area (Å²) in [7, 11) is 1.52. The number of methoxy groups -OCH3 is 1. The largest absolute Gasteiger partial charge is 0.497 e. The van der Waals surface area contributed by atoms with Gasteiger partial charge in [0, 0.05) is 5.69 Å². The van der Waals surface area contributed by atoms with Crippen molar-refractivity contribution in [2.45, 2.75) is 13.3 Å². The Morgan fingerprint density at radius 3 is 2.61 bits per heavy atom.